The van der Waals surface area contributed by atoms with Gasteiger partial charge >= 0.3 is 0 Å². The van der Waals surface area contributed by atoms with E-state index in [1.54, 1.807) is 11.3 Å². The standard InChI is InChI=1S/C12H18N2OS/c1-12(8-13)3-4-14(9-12)11(15)6-10-2-5-16-7-10/h2,5,7H,3-4,6,8-9,13H2,1H3. The lowest BCUT2D eigenvalue weighted by Crippen LogP contribution is -2.35. The maximum absolute atomic E-state index is 12.0. The quantitative estimate of drug-likeness (QED) is 0.867. The van der Waals surface area contributed by atoms with Gasteiger partial charge in [0.2, 0.25) is 5.91 Å². The number of hydrogen-bond donors (Lipinski definition) is 1. The minimum absolute atomic E-state index is 0.129. The predicted octanol–water partition coefficient (Wildman–Crippen LogP) is 1.49. The summed E-state index contributed by atoms with van der Waals surface area (Å²) in [5.41, 5.74) is 6.98. The maximum atomic E-state index is 12.0. The largest absolute Gasteiger partial charge is 0.342 e. The van der Waals surface area contributed by atoms with Crippen LogP contribution in [0, 0.1) is 5.41 Å². The number of carbonyl (C=O) groups is 1. The molecule has 0 radical (unpaired) electrons. The minimum atomic E-state index is 0.129. The van der Waals surface area contributed by atoms with Gasteiger partial charge in [0.05, 0.1) is 6.42 Å². The molecule has 1 aromatic rings. The molecule has 16 heavy (non-hydrogen) atoms. The molecule has 2 heterocycles. The van der Waals surface area contributed by atoms with Crippen LogP contribution in [0.3, 0.4) is 0 Å². The van der Waals surface area contributed by atoms with E-state index in [2.05, 4.69) is 6.92 Å². The molecule has 0 aromatic carbocycles. The van der Waals surface area contributed by atoms with Crippen LogP contribution < -0.4 is 5.73 Å². The smallest absolute Gasteiger partial charge is 0.227 e. The van der Waals surface area contributed by atoms with E-state index in [4.69, 9.17) is 5.73 Å². The van der Waals surface area contributed by atoms with Crippen LogP contribution in [0.5, 0.6) is 0 Å². The van der Waals surface area contributed by atoms with Crippen LogP contribution in [0.15, 0.2) is 16.8 Å². The Bertz CT molecular complexity index is 363. The molecule has 0 aliphatic carbocycles. The molecule has 1 saturated heterocycles. The van der Waals surface area contributed by atoms with Crippen LogP contribution in [0.2, 0.25) is 0 Å². The van der Waals surface area contributed by atoms with Crippen LogP contribution in [-0.4, -0.2) is 30.4 Å². The Labute approximate surface area is 100 Å². The van der Waals surface area contributed by atoms with Gasteiger partial charge in [-0.15, -0.1) is 0 Å². The van der Waals surface area contributed by atoms with Crippen LogP contribution in [0.1, 0.15) is 18.9 Å². The molecule has 4 heteroatoms. The lowest BCUT2D eigenvalue weighted by atomic mass is 9.90. The summed E-state index contributed by atoms with van der Waals surface area (Å²) in [6, 6.07) is 2.01. The summed E-state index contributed by atoms with van der Waals surface area (Å²) in [4.78, 5) is 14.0. The highest BCUT2D eigenvalue weighted by atomic mass is 32.1. The minimum Gasteiger partial charge on any atom is -0.342 e. The molecule has 0 bridgehead atoms. The molecule has 1 atom stereocenters. The van der Waals surface area contributed by atoms with Crippen LogP contribution in [-0.2, 0) is 11.2 Å². The third-order valence-corrected chi connectivity index (χ3v) is 4.07. The monoisotopic (exact) mass is 238 g/mol. The van der Waals surface area contributed by atoms with E-state index in [0.29, 0.717) is 13.0 Å². The number of likely N-dealkylation sites (tertiary alicyclic amines) is 1. The predicted molar refractivity (Wildman–Crippen MR) is 66.4 cm³/mol. The second kappa shape index (κ2) is 4.55. The summed E-state index contributed by atoms with van der Waals surface area (Å²) in [6.07, 6.45) is 1.56. The molecule has 0 spiro atoms. The number of carbonyl (C=O) groups excluding carboxylic acids is 1. The summed E-state index contributed by atoms with van der Waals surface area (Å²) in [7, 11) is 0. The van der Waals surface area contributed by atoms with Crippen molar-refractivity contribution < 1.29 is 4.79 Å². The molecule has 2 N–H and O–H groups in total. The highest BCUT2D eigenvalue weighted by Crippen LogP contribution is 2.28. The summed E-state index contributed by atoms with van der Waals surface area (Å²) >= 11 is 1.64. The first-order chi connectivity index (χ1) is 7.63. The van der Waals surface area contributed by atoms with E-state index < -0.39 is 0 Å². The van der Waals surface area contributed by atoms with E-state index in [1.807, 2.05) is 21.7 Å². The van der Waals surface area contributed by atoms with Crippen molar-refractivity contribution >= 4 is 17.2 Å². The first-order valence-corrected chi connectivity index (χ1v) is 6.56. The Morgan fingerprint density at radius 1 is 1.69 bits per heavy atom. The van der Waals surface area contributed by atoms with Gasteiger partial charge in [-0.1, -0.05) is 6.92 Å². The van der Waals surface area contributed by atoms with Gasteiger partial charge in [-0.2, -0.15) is 11.3 Å². The number of nitrogens with zero attached hydrogens (tertiary/aromatic N) is 1. The Balaban J connectivity index is 1.92. The maximum Gasteiger partial charge on any atom is 0.227 e. The van der Waals surface area contributed by atoms with Crippen molar-refractivity contribution in [1.82, 2.24) is 4.90 Å². The Morgan fingerprint density at radius 3 is 3.06 bits per heavy atom. The Kier molecular flexibility index (Phi) is 3.30. The molecular formula is C12H18N2OS. The van der Waals surface area contributed by atoms with Gasteiger partial charge < -0.3 is 10.6 Å². The van der Waals surface area contributed by atoms with Gasteiger partial charge in [0.15, 0.2) is 0 Å². The lowest BCUT2D eigenvalue weighted by Gasteiger charge is -2.22. The molecule has 88 valence electrons. The normalized spacial score (nSPS) is 25.0. The zero-order valence-corrected chi connectivity index (χ0v) is 10.4. The highest BCUT2D eigenvalue weighted by molar-refractivity contribution is 7.07. The topological polar surface area (TPSA) is 46.3 Å². The van der Waals surface area contributed by atoms with Gasteiger partial charge in [-0.25, -0.2) is 0 Å². The van der Waals surface area contributed by atoms with Crippen molar-refractivity contribution in [2.24, 2.45) is 11.1 Å². The number of hydrogen-bond acceptors (Lipinski definition) is 3. The molecule has 2 rings (SSSR count). The Hall–Kier alpha value is -0.870. The van der Waals surface area contributed by atoms with Gasteiger partial charge in [-0.05, 0) is 40.8 Å². The van der Waals surface area contributed by atoms with E-state index in [1.165, 1.54) is 0 Å². The molecule has 0 saturated carbocycles. The van der Waals surface area contributed by atoms with Crippen molar-refractivity contribution in [2.45, 2.75) is 19.8 Å². The third-order valence-electron chi connectivity index (χ3n) is 3.34. The van der Waals surface area contributed by atoms with Gasteiger partial charge in [-0.3, -0.25) is 4.79 Å². The molecule has 1 aliphatic heterocycles. The number of amides is 1. The van der Waals surface area contributed by atoms with Crippen LogP contribution in [0.25, 0.3) is 0 Å². The van der Waals surface area contributed by atoms with Crippen molar-refractivity contribution in [3.05, 3.63) is 22.4 Å². The SMILES string of the molecule is CC1(CN)CCN(C(=O)Cc2ccsc2)C1. The van der Waals surface area contributed by atoms with Crippen molar-refractivity contribution in [1.29, 1.82) is 0 Å². The summed E-state index contributed by atoms with van der Waals surface area (Å²) in [5.74, 6) is 0.232. The number of thiophene rings is 1. The van der Waals surface area contributed by atoms with Crippen molar-refractivity contribution in [3.8, 4) is 0 Å². The molecule has 1 aliphatic rings. The number of nitrogens with two attached hydrogens (primary N) is 1. The third kappa shape index (κ3) is 2.44. The molecule has 1 amide bonds. The number of rotatable bonds is 3. The summed E-state index contributed by atoms with van der Waals surface area (Å²) in [6.45, 7) is 4.49. The molecular weight excluding hydrogens is 220 g/mol. The summed E-state index contributed by atoms with van der Waals surface area (Å²) in [5, 5.41) is 4.05. The first-order valence-electron chi connectivity index (χ1n) is 5.62. The van der Waals surface area contributed by atoms with Gasteiger partial charge in [0.25, 0.3) is 0 Å². The Morgan fingerprint density at radius 2 is 2.50 bits per heavy atom. The molecule has 1 unspecified atom stereocenters. The average molecular weight is 238 g/mol. The molecule has 1 fully saturated rings. The highest BCUT2D eigenvalue weighted by Gasteiger charge is 2.34. The fourth-order valence-corrected chi connectivity index (χ4v) is 2.75. The van der Waals surface area contributed by atoms with Crippen LogP contribution >= 0.6 is 11.3 Å². The van der Waals surface area contributed by atoms with E-state index in [9.17, 15) is 4.79 Å². The molecule has 1 aromatic heterocycles. The zero-order chi connectivity index (χ0) is 11.6. The van der Waals surface area contributed by atoms with Crippen molar-refractivity contribution in [3.63, 3.8) is 0 Å². The van der Waals surface area contributed by atoms with E-state index in [-0.39, 0.29) is 11.3 Å². The average Bonchev–Trinajstić information content (AvgIpc) is 2.88. The summed E-state index contributed by atoms with van der Waals surface area (Å²) < 4.78 is 0. The van der Waals surface area contributed by atoms with E-state index in [0.717, 1.165) is 25.1 Å². The first kappa shape index (κ1) is 11.6. The van der Waals surface area contributed by atoms with Gasteiger partial charge in [0, 0.05) is 13.1 Å². The van der Waals surface area contributed by atoms with Gasteiger partial charge in [0.1, 0.15) is 0 Å². The lowest BCUT2D eigenvalue weighted by molar-refractivity contribution is -0.129. The molecule has 3 nitrogen and oxygen atoms in total. The fourth-order valence-electron chi connectivity index (χ4n) is 2.08. The fraction of sp³-hybridized carbons (Fsp3) is 0.583. The van der Waals surface area contributed by atoms with Crippen molar-refractivity contribution in [2.75, 3.05) is 19.6 Å². The second-order valence-electron chi connectivity index (χ2n) is 4.89. The second-order valence-corrected chi connectivity index (χ2v) is 5.67. The zero-order valence-electron chi connectivity index (χ0n) is 9.61. The van der Waals surface area contributed by atoms with Crippen LogP contribution in [0.4, 0.5) is 0 Å². The van der Waals surface area contributed by atoms with E-state index >= 15 is 0 Å².